The molecular weight excluding hydrogens is 435 g/mol. The van der Waals surface area contributed by atoms with Crippen LogP contribution in [0.3, 0.4) is 0 Å². The molecule has 2 aromatic rings. The van der Waals surface area contributed by atoms with Crippen molar-refractivity contribution in [3.8, 4) is 0 Å². The number of carboxylic acids is 1. The van der Waals surface area contributed by atoms with Crippen LogP contribution in [0.5, 0.6) is 0 Å². The summed E-state index contributed by atoms with van der Waals surface area (Å²) in [5.41, 5.74) is 0.799. The second kappa shape index (κ2) is 9.04. The summed E-state index contributed by atoms with van der Waals surface area (Å²) in [6, 6.07) is 7.60. The van der Waals surface area contributed by atoms with E-state index in [0.717, 1.165) is 29.7 Å². The zero-order valence-corrected chi connectivity index (χ0v) is 17.1. The number of amides is 2. The highest BCUT2D eigenvalue weighted by molar-refractivity contribution is 7.12. The number of thiophene rings is 1. The number of rotatable bonds is 2. The SMILES string of the molecule is O=C(O)C(F)(F)F.O=C1NC2(CCN(C(=O)c3cccs3)CC2)CC1c1cccnc1. The molecule has 0 aromatic carbocycles. The van der Waals surface area contributed by atoms with Gasteiger partial charge in [-0.05, 0) is 42.3 Å². The molecule has 2 fully saturated rings. The van der Waals surface area contributed by atoms with E-state index in [1.807, 2.05) is 34.5 Å². The Morgan fingerprint density at radius 1 is 1.23 bits per heavy atom. The predicted octanol–water partition coefficient (Wildman–Crippen LogP) is 3.05. The Kier molecular flexibility index (Phi) is 6.63. The molecule has 0 aliphatic carbocycles. The average Bonchev–Trinajstić information content (AvgIpc) is 3.37. The van der Waals surface area contributed by atoms with Crippen molar-refractivity contribution < 1.29 is 32.7 Å². The number of hydrogen-bond donors (Lipinski definition) is 2. The number of carboxylic acid groups (broad SMARTS) is 1. The topological polar surface area (TPSA) is 99.6 Å². The van der Waals surface area contributed by atoms with Crippen molar-refractivity contribution >= 4 is 29.1 Å². The van der Waals surface area contributed by atoms with Crippen LogP contribution in [0.25, 0.3) is 0 Å². The molecule has 166 valence electrons. The lowest BCUT2D eigenvalue weighted by Gasteiger charge is -2.39. The minimum atomic E-state index is -5.08. The number of pyridine rings is 1. The molecule has 2 aromatic heterocycles. The molecule has 1 spiro atoms. The van der Waals surface area contributed by atoms with Crippen LogP contribution < -0.4 is 5.32 Å². The number of carbonyl (C=O) groups excluding carboxylic acids is 2. The summed E-state index contributed by atoms with van der Waals surface area (Å²) in [6.07, 6.45) is 0.831. The van der Waals surface area contributed by atoms with Crippen molar-refractivity contribution in [3.05, 3.63) is 52.5 Å². The number of piperidine rings is 1. The maximum Gasteiger partial charge on any atom is 0.490 e. The number of carbonyl (C=O) groups is 3. The van der Waals surface area contributed by atoms with Gasteiger partial charge in [-0.2, -0.15) is 13.2 Å². The van der Waals surface area contributed by atoms with Gasteiger partial charge >= 0.3 is 12.1 Å². The summed E-state index contributed by atoms with van der Waals surface area (Å²) in [4.78, 5) is 40.6. The first-order valence-corrected chi connectivity index (χ1v) is 10.3. The fraction of sp³-hybridized carbons (Fsp3) is 0.400. The molecule has 1 atom stereocenters. The molecule has 1 unspecified atom stereocenters. The Labute approximate surface area is 179 Å². The van der Waals surface area contributed by atoms with Crippen molar-refractivity contribution in [1.29, 1.82) is 0 Å². The predicted molar refractivity (Wildman–Crippen MR) is 106 cm³/mol. The van der Waals surface area contributed by atoms with E-state index in [1.165, 1.54) is 11.3 Å². The highest BCUT2D eigenvalue weighted by atomic mass is 32.1. The molecule has 31 heavy (non-hydrogen) atoms. The van der Waals surface area contributed by atoms with Gasteiger partial charge in [0.05, 0.1) is 10.8 Å². The van der Waals surface area contributed by atoms with Gasteiger partial charge in [0, 0.05) is 31.0 Å². The van der Waals surface area contributed by atoms with Crippen LogP contribution >= 0.6 is 11.3 Å². The molecule has 2 saturated heterocycles. The number of nitrogens with zero attached hydrogens (tertiary/aromatic N) is 2. The van der Waals surface area contributed by atoms with Gasteiger partial charge in [0.2, 0.25) is 5.91 Å². The minimum absolute atomic E-state index is 0.0843. The summed E-state index contributed by atoms with van der Waals surface area (Å²) in [5.74, 6) is -2.69. The van der Waals surface area contributed by atoms with E-state index in [1.54, 1.807) is 12.4 Å². The van der Waals surface area contributed by atoms with Crippen LogP contribution in [0.4, 0.5) is 13.2 Å². The number of hydrogen-bond acceptors (Lipinski definition) is 5. The van der Waals surface area contributed by atoms with Crippen LogP contribution in [-0.4, -0.2) is 57.6 Å². The van der Waals surface area contributed by atoms with Crippen LogP contribution in [0, 0.1) is 0 Å². The van der Waals surface area contributed by atoms with E-state index in [0.29, 0.717) is 13.1 Å². The molecule has 0 radical (unpaired) electrons. The Morgan fingerprint density at radius 2 is 1.90 bits per heavy atom. The molecule has 2 amide bonds. The van der Waals surface area contributed by atoms with Crippen molar-refractivity contribution in [3.63, 3.8) is 0 Å². The number of aliphatic carboxylic acids is 1. The molecule has 2 aliphatic heterocycles. The lowest BCUT2D eigenvalue weighted by atomic mass is 9.82. The van der Waals surface area contributed by atoms with E-state index in [9.17, 15) is 22.8 Å². The number of alkyl halides is 3. The van der Waals surface area contributed by atoms with Crippen molar-refractivity contribution in [2.24, 2.45) is 0 Å². The van der Waals surface area contributed by atoms with Gasteiger partial charge in [-0.1, -0.05) is 12.1 Å². The van der Waals surface area contributed by atoms with E-state index in [-0.39, 0.29) is 23.3 Å². The second-order valence-corrected chi connectivity index (χ2v) is 8.33. The van der Waals surface area contributed by atoms with Crippen LogP contribution in [-0.2, 0) is 9.59 Å². The molecule has 0 bridgehead atoms. The Bertz CT molecular complexity index is 927. The molecule has 2 N–H and O–H groups in total. The third-order valence-electron chi connectivity index (χ3n) is 5.37. The smallest absolute Gasteiger partial charge is 0.475 e. The monoisotopic (exact) mass is 455 g/mol. The zero-order valence-electron chi connectivity index (χ0n) is 16.3. The van der Waals surface area contributed by atoms with E-state index >= 15 is 0 Å². The molecule has 0 saturated carbocycles. The molecule has 4 rings (SSSR count). The number of nitrogens with one attached hydrogen (secondary N) is 1. The second-order valence-electron chi connectivity index (χ2n) is 7.39. The third-order valence-corrected chi connectivity index (χ3v) is 6.23. The highest BCUT2D eigenvalue weighted by Gasteiger charge is 2.46. The van der Waals surface area contributed by atoms with Gasteiger partial charge in [-0.25, -0.2) is 4.79 Å². The lowest BCUT2D eigenvalue weighted by molar-refractivity contribution is -0.192. The van der Waals surface area contributed by atoms with Gasteiger partial charge in [-0.3, -0.25) is 14.6 Å². The number of likely N-dealkylation sites (tertiary alicyclic amines) is 1. The minimum Gasteiger partial charge on any atom is -0.475 e. The zero-order chi connectivity index (χ0) is 22.6. The van der Waals surface area contributed by atoms with Crippen molar-refractivity contribution in [2.45, 2.75) is 36.9 Å². The van der Waals surface area contributed by atoms with Gasteiger partial charge < -0.3 is 15.3 Å². The maximum absolute atomic E-state index is 12.5. The summed E-state index contributed by atoms with van der Waals surface area (Å²) in [7, 11) is 0. The molecular formula is C20H20F3N3O4S. The average molecular weight is 455 g/mol. The Hall–Kier alpha value is -2.95. The van der Waals surface area contributed by atoms with Crippen LogP contribution in [0.15, 0.2) is 42.0 Å². The number of halogens is 3. The van der Waals surface area contributed by atoms with Gasteiger partial charge in [0.25, 0.3) is 5.91 Å². The quantitative estimate of drug-likeness (QED) is 0.725. The van der Waals surface area contributed by atoms with E-state index in [2.05, 4.69) is 10.3 Å². The molecule has 4 heterocycles. The largest absolute Gasteiger partial charge is 0.490 e. The first-order chi connectivity index (χ1) is 14.6. The number of aromatic nitrogens is 1. The van der Waals surface area contributed by atoms with Gasteiger partial charge in [0.1, 0.15) is 0 Å². The van der Waals surface area contributed by atoms with Crippen LogP contribution in [0.2, 0.25) is 0 Å². The summed E-state index contributed by atoms with van der Waals surface area (Å²) in [6.45, 7) is 1.38. The summed E-state index contributed by atoms with van der Waals surface area (Å²) in [5, 5.41) is 12.3. The lowest BCUT2D eigenvalue weighted by Crippen LogP contribution is -2.52. The molecule has 11 heteroatoms. The standard InChI is InChI=1S/C18H19N3O2S.C2HF3O2/c22-16-14(13-3-1-7-19-12-13)11-18(20-16)5-8-21(9-6-18)17(23)15-4-2-10-24-15;3-2(4,5)1(6)7/h1-4,7,10,12,14H,5-6,8-9,11H2,(H,20,22);(H,6,7). The Balaban J connectivity index is 0.000000339. The first kappa shape index (κ1) is 22.7. The summed E-state index contributed by atoms with van der Waals surface area (Å²) < 4.78 is 31.7. The van der Waals surface area contributed by atoms with Crippen molar-refractivity contribution in [1.82, 2.24) is 15.2 Å². The van der Waals surface area contributed by atoms with E-state index < -0.39 is 12.1 Å². The fourth-order valence-electron chi connectivity index (χ4n) is 3.76. The van der Waals surface area contributed by atoms with Crippen molar-refractivity contribution in [2.75, 3.05) is 13.1 Å². The first-order valence-electron chi connectivity index (χ1n) is 9.46. The van der Waals surface area contributed by atoms with E-state index in [4.69, 9.17) is 9.90 Å². The fourth-order valence-corrected chi connectivity index (χ4v) is 4.45. The van der Waals surface area contributed by atoms with Gasteiger partial charge in [0.15, 0.2) is 0 Å². The normalized spacial score (nSPS) is 20.0. The highest BCUT2D eigenvalue weighted by Crippen LogP contribution is 2.39. The summed E-state index contributed by atoms with van der Waals surface area (Å²) >= 11 is 1.48. The maximum atomic E-state index is 12.5. The third kappa shape index (κ3) is 5.40. The molecule has 7 nitrogen and oxygen atoms in total. The van der Waals surface area contributed by atoms with Gasteiger partial charge in [-0.15, -0.1) is 11.3 Å². The van der Waals surface area contributed by atoms with Crippen LogP contribution in [0.1, 0.15) is 40.4 Å². The Morgan fingerprint density at radius 3 is 2.42 bits per heavy atom. The molecule has 2 aliphatic rings.